The van der Waals surface area contributed by atoms with E-state index in [1.54, 1.807) is 0 Å². The van der Waals surface area contributed by atoms with Gasteiger partial charge in [-0.3, -0.25) is 19.4 Å². The number of fused-ring (bicyclic) bond motifs is 4. The van der Waals surface area contributed by atoms with E-state index in [1.165, 1.54) is 18.9 Å². The number of aliphatic hydroxyl groups is 1. The van der Waals surface area contributed by atoms with Crippen LogP contribution in [0.2, 0.25) is 18.1 Å². The lowest BCUT2D eigenvalue weighted by molar-refractivity contribution is -0.0481. The van der Waals surface area contributed by atoms with Gasteiger partial charge in [0.25, 0.3) is 5.88 Å². The summed E-state index contributed by atoms with van der Waals surface area (Å²) in [5.74, 6) is -2.69. The third kappa shape index (κ3) is 6.23. The Bertz CT molecular complexity index is 1990. The average molecular weight is 742 g/mol. The lowest BCUT2D eigenvalue weighted by Gasteiger charge is -2.55. The number of aromatic nitrogens is 1. The summed E-state index contributed by atoms with van der Waals surface area (Å²) < 4.78 is 35.5. The van der Waals surface area contributed by atoms with Crippen molar-refractivity contribution in [3.63, 3.8) is 0 Å². The lowest BCUT2D eigenvalue weighted by atomic mass is 9.58. The first-order chi connectivity index (χ1) is 25.1. The summed E-state index contributed by atoms with van der Waals surface area (Å²) in [4.78, 5) is 34.5. The number of carbonyl (C=O) groups is 2. The maximum Gasteiger partial charge on any atom is 0.265 e. The summed E-state index contributed by atoms with van der Waals surface area (Å²) in [6, 6.07) is 10.5. The van der Waals surface area contributed by atoms with Crippen molar-refractivity contribution in [2.45, 2.75) is 89.8 Å². The SMILES string of the molecule is Cc1c(/C=C/CN2CCCC2)cc(F)c2c1C(=O)C1=C(O)[C@]3(O[Si](C)(C)C(C)(C)C)C(=O)c4c(OCc5ccccc5)noc4[C@@H](N(C)C)[C@@H]3C[C@@H]1C2. The molecule has 4 aliphatic rings. The summed E-state index contributed by atoms with van der Waals surface area (Å²) in [5, 5.41) is 16.7. The van der Waals surface area contributed by atoms with Crippen LogP contribution in [0, 0.1) is 24.6 Å². The summed E-state index contributed by atoms with van der Waals surface area (Å²) in [7, 11) is 0.903. The zero-order chi connectivity index (χ0) is 38.0. The monoisotopic (exact) mass is 741 g/mol. The van der Waals surface area contributed by atoms with E-state index in [-0.39, 0.29) is 52.8 Å². The molecule has 1 N–H and O–H groups in total. The Kier molecular flexibility index (Phi) is 9.70. The van der Waals surface area contributed by atoms with Crippen molar-refractivity contribution in [3.05, 3.63) is 98.8 Å². The Labute approximate surface area is 312 Å². The number of hydrogen-bond donors (Lipinski definition) is 1. The van der Waals surface area contributed by atoms with Gasteiger partial charge in [0.1, 0.15) is 23.7 Å². The predicted octanol–water partition coefficient (Wildman–Crippen LogP) is 8.26. The number of nitrogens with zero attached hydrogens (tertiary/aromatic N) is 3. The van der Waals surface area contributed by atoms with Crippen LogP contribution in [0.1, 0.15) is 94.8 Å². The van der Waals surface area contributed by atoms with Crippen LogP contribution in [0.4, 0.5) is 4.39 Å². The number of carbonyl (C=O) groups excluding carboxylic acids is 2. The number of halogens is 1. The Morgan fingerprint density at radius 1 is 1.13 bits per heavy atom. The number of ether oxygens (including phenoxy) is 1. The highest BCUT2D eigenvalue weighted by Gasteiger charge is 2.67. The quantitative estimate of drug-likeness (QED) is 0.217. The minimum atomic E-state index is -2.86. The first kappa shape index (κ1) is 37.4. The van der Waals surface area contributed by atoms with Crippen molar-refractivity contribution >= 4 is 26.0 Å². The highest BCUT2D eigenvalue weighted by Crippen LogP contribution is 2.59. The maximum atomic E-state index is 16.1. The number of aliphatic hydroxyl groups excluding tert-OH is 1. The van der Waals surface area contributed by atoms with E-state index in [4.69, 9.17) is 13.7 Å². The van der Waals surface area contributed by atoms with Crippen LogP contribution in [-0.4, -0.2) is 79.3 Å². The lowest BCUT2D eigenvalue weighted by Crippen LogP contribution is -2.65. The van der Waals surface area contributed by atoms with Gasteiger partial charge in [0.05, 0.1) is 6.04 Å². The minimum absolute atomic E-state index is 0.0147. The van der Waals surface area contributed by atoms with Crippen molar-refractivity contribution in [3.8, 4) is 5.88 Å². The number of likely N-dealkylation sites (tertiary alicyclic amines) is 1. The van der Waals surface area contributed by atoms with Crippen molar-refractivity contribution in [1.29, 1.82) is 0 Å². The van der Waals surface area contributed by atoms with Gasteiger partial charge < -0.3 is 18.8 Å². The molecule has 1 aliphatic heterocycles. The molecule has 9 nitrogen and oxygen atoms in total. The summed E-state index contributed by atoms with van der Waals surface area (Å²) in [6.07, 6.45) is 6.75. The zero-order valence-electron chi connectivity index (χ0n) is 32.2. The molecule has 2 aromatic carbocycles. The topological polar surface area (TPSA) is 105 Å². The number of ketones is 2. The number of allylic oxidation sites excluding steroid dienone is 1. The molecule has 4 atom stereocenters. The number of Topliss-reactive ketones (excluding diaryl/α,β-unsaturated/α-hetero) is 2. The third-order valence-electron chi connectivity index (χ3n) is 12.4. The molecule has 0 saturated carbocycles. The van der Waals surface area contributed by atoms with E-state index >= 15 is 9.18 Å². The first-order valence-electron chi connectivity index (χ1n) is 18.8. The van der Waals surface area contributed by atoms with Gasteiger partial charge in [0.2, 0.25) is 5.78 Å². The van der Waals surface area contributed by atoms with E-state index < -0.39 is 49.2 Å². The fraction of sp³-hybridized carbons (Fsp3) is 0.500. The molecular weight excluding hydrogens is 690 g/mol. The molecule has 7 rings (SSSR count). The van der Waals surface area contributed by atoms with Crippen LogP contribution in [0.25, 0.3) is 6.08 Å². The Balaban J connectivity index is 1.38. The summed E-state index contributed by atoms with van der Waals surface area (Å²) >= 11 is 0. The molecule has 0 bridgehead atoms. The van der Waals surface area contributed by atoms with Crippen LogP contribution < -0.4 is 4.74 Å². The van der Waals surface area contributed by atoms with E-state index in [1.807, 2.05) is 81.5 Å². The second-order valence-electron chi connectivity index (χ2n) is 17.0. The van der Waals surface area contributed by atoms with Crippen molar-refractivity contribution < 1.29 is 32.8 Å². The highest BCUT2D eigenvalue weighted by molar-refractivity contribution is 6.74. The molecule has 282 valence electrons. The largest absolute Gasteiger partial charge is 0.508 e. The molecule has 3 aromatic rings. The van der Waals surface area contributed by atoms with Gasteiger partial charge >= 0.3 is 0 Å². The molecule has 1 fully saturated rings. The Morgan fingerprint density at radius 3 is 2.49 bits per heavy atom. The molecule has 3 aliphatic carbocycles. The second kappa shape index (κ2) is 13.7. The molecule has 1 saturated heterocycles. The fourth-order valence-electron chi connectivity index (χ4n) is 8.65. The minimum Gasteiger partial charge on any atom is -0.508 e. The van der Waals surface area contributed by atoms with Crippen molar-refractivity contribution in [2.75, 3.05) is 33.7 Å². The second-order valence-corrected chi connectivity index (χ2v) is 21.7. The van der Waals surface area contributed by atoms with E-state index in [2.05, 4.69) is 30.8 Å². The Morgan fingerprint density at radius 2 is 1.83 bits per heavy atom. The molecule has 0 unspecified atom stereocenters. The maximum absolute atomic E-state index is 16.1. The standard InChI is InChI=1S/C42H52FN3O6Si/c1-25-27(17-14-20-46-18-12-13-19-46)23-31(43)29-21-28-22-30-35(45(5)6)37-34(40(44-51-37)50-24-26-15-10-9-11-16-26)39(49)42(30,52-53(7,8)41(2,3)4)38(48)33(28)36(47)32(25)29/h9-11,14-17,23,28,30,35,48H,12-13,18-22,24H2,1-8H3/b17-14+/t28-,30-,35-,42-/m0/s1. The van der Waals surface area contributed by atoms with Crippen LogP contribution in [0.5, 0.6) is 5.88 Å². The van der Waals surface area contributed by atoms with Crippen molar-refractivity contribution in [1.82, 2.24) is 15.0 Å². The van der Waals surface area contributed by atoms with E-state index in [0.29, 0.717) is 22.5 Å². The molecule has 0 spiro atoms. The van der Waals surface area contributed by atoms with Crippen LogP contribution in [0.15, 0.2) is 58.3 Å². The van der Waals surface area contributed by atoms with E-state index in [9.17, 15) is 9.90 Å². The van der Waals surface area contributed by atoms with Gasteiger partial charge in [-0.05, 0) is 117 Å². The molecule has 0 amide bonds. The number of hydrogen-bond acceptors (Lipinski definition) is 9. The van der Waals surface area contributed by atoms with Gasteiger partial charge in [0.15, 0.2) is 25.5 Å². The zero-order valence-corrected chi connectivity index (χ0v) is 33.2. The predicted molar refractivity (Wildman–Crippen MR) is 204 cm³/mol. The molecule has 1 aromatic heterocycles. The fourth-order valence-corrected chi connectivity index (χ4v) is 10.1. The van der Waals surface area contributed by atoms with Crippen LogP contribution in [0.3, 0.4) is 0 Å². The van der Waals surface area contributed by atoms with Crippen LogP contribution in [-0.2, 0) is 17.5 Å². The highest BCUT2D eigenvalue weighted by atomic mass is 28.4. The molecule has 2 heterocycles. The third-order valence-corrected chi connectivity index (χ3v) is 16.9. The van der Waals surface area contributed by atoms with Gasteiger partial charge in [0, 0.05) is 23.6 Å². The number of benzene rings is 2. The molecule has 11 heteroatoms. The first-order valence-corrected chi connectivity index (χ1v) is 21.7. The van der Waals surface area contributed by atoms with Crippen LogP contribution >= 0.6 is 0 Å². The Hall–Kier alpha value is -3.90. The van der Waals surface area contributed by atoms with Gasteiger partial charge in [-0.1, -0.05) is 63.3 Å². The summed E-state index contributed by atoms with van der Waals surface area (Å²) in [5.41, 5.74) is 1.08. The van der Waals surface area contributed by atoms with E-state index in [0.717, 1.165) is 25.2 Å². The van der Waals surface area contributed by atoms with Gasteiger partial charge in [-0.25, -0.2) is 4.39 Å². The normalized spacial score (nSPS) is 24.8. The molecular formula is C42H52FN3O6Si. The molecule has 53 heavy (non-hydrogen) atoms. The summed E-state index contributed by atoms with van der Waals surface area (Å²) in [6.45, 7) is 15.1. The average Bonchev–Trinajstić information content (AvgIpc) is 3.77. The van der Waals surface area contributed by atoms with Crippen molar-refractivity contribution in [2.24, 2.45) is 11.8 Å². The number of rotatable bonds is 9. The van der Waals surface area contributed by atoms with Gasteiger partial charge in [-0.2, -0.15) is 0 Å². The smallest absolute Gasteiger partial charge is 0.265 e. The van der Waals surface area contributed by atoms with Gasteiger partial charge in [-0.15, -0.1) is 0 Å². The molecule has 0 radical (unpaired) electrons.